The first-order valence-electron chi connectivity index (χ1n) is 35.2. The van der Waals surface area contributed by atoms with Crippen LogP contribution in [0.2, 0.25) is 0 Å². The number of carbonyl (C=O) groups is 14. The summed E-state index contributed by atoms with van der Waals surface area (Å²) in [7, 11) is 0. The van der Waals surface area contributed by atoms with Crippen molar-refractivity contribution < 1.29 is 77.3 Å². The molecule has 3 heterocycles. The highest BCUT2D eigenvalue weighted by atomic mass is 32.2. The number of rotatable bonds is 45. The SMILES string of the molecule is CSCC[C@H](NC(=O)[C@@H]1CCCN1C(=O)CNC(=O)[C@H](CCCCN)NC(=O)[C@H](C)NC(=O)[C@H](CO)NC(=O)[C@H](CC(C)C)NC(=O)[C@H](CCCN=C(N)N)NC(=O)[C@@H]1CCCN1C(=O)[C@H](CCCN=C(N)N)NC(=O)[C@@H](N)CCC(N)=O)C(=O)N1CCC[C@H]1C(=O)N[C@@H](Cc1ccccc1)C(=O)O. The van der Waals surface area contributed by atoms with E-state index >= 15 is 0 Å². The van der Waals surface area contributed by atoms with Crippen LogP contribution in [0.5, 0.6) is 0 Å². The number of amides is 13. The van der Waals surface area contributed by atoms with Crippen molar-refractivity contribution in [2.45, 2.75) is 209 Å². The van der Waals surface area contributed by atoms with Gasteiger partial charge >= 0.3 is 5.97 Å². The summed E-state index contributed by atoms with van der Waals surface area (Å²) < 4.78 is 0. The molecule has 1 aromatic rings. The van der Waals surface area contributed by atoms with Crippen molar-refractivity contribution in [2.24, 2.45) is 56.0 Å². The number of aliphatic carboxylic acids is 1. The largest absolute Gasteiger partial charge is 0.480 e. The fraction of sp³-hybridized carbons (Fsp3) is 0.667. The van der Waals surface area contributed by atoms with Gasteiger partial charge in [0.1, 0.15) is 66.5 Å². The molecule has 1 aromatic carbocycles. The van der Waals surface area contributed by atoms with Gasteiger partial charge in [-0.2, -0.15) is 11.8 Å². The van der Waals surface area contributed by atoms with E-state index in [-0.39, 0.29) is 141 Å². The van der Waals surface area contributed by atoms with Gasteiger partial charge in [0.05, 0.1) is 19.2 Å². The van der Waals surface area contributed by atoms with E-state index in [0.29, 0.717) is 43.4 Å². The van der Waals surface area contributed by atoms with Gasteiger partial charge in [-0.15, -0.1) is 0 Å². The molecule has 0 bridgehead atoms. The molecule has 580 valence electrons. The van der Waals surface area contributed by atoms with Crippen LogP contribution in [0.3, 0.4) is 0 Å². The number of hydrogen-bond donors (Lipinski definition) is 18. The van der Waals surface area contributed by atoms with Crippen molar-refractivity contribution in [3.05, 3.63) is 35.9 Å². The summed E-state index contributed by atoms with van der Waals surface area (Å²) in [4.78, 5) is 203. The number of likely N-dealkylation sites (tertiary alicyclic amines) is 3. The number of aliphatic imine (C=N–C) groups is 2. The van der Waals surface area contributed by atoms with E-state index in [1.807, 2.05) is 6.26 Å². The predicted octanol–water partition coefficient (Wildman–Crippen LogP) is -6.08. The minimum Gasteiger partial charge on any atom is -0.480 e. The lowest BCUT2D eigenvalue weighted by atomic mass is 10.0. The standard InChI is InChI=1S/C66H109N21O16S/c1-37(2)33-45(82-56(94)42(18-10-27-74-65(70)71)79-60(98)49-21-13-30-86(49)62(100)43(19-11-28-75-66(72)73)80-54(92)40(68)23-24-51(69)89)57(95)84-47(36-88)58(96)77-38(3)53(91)78-41(17-8-9-26-67)55(93)76-35-52(90)85-29-12-20-48(85)59(97)81-44(25-32-104-4)63(101)87-31-14-22-50(87)61(99)83-46(64(102)103)34-39-15-6-5-7-16-39/h5-7,15-16,37-38,40-50,88H,8-14,17-36,67-68H2,1-4H3,(H2,69,89)(H,76,93)(H,77,96)(H,78,91)(H,79,98)(H,80,92)(H,81,97)(H,82,94)(H,83,99)(H,84,95)(H,102,103)(H4,70,71,74)(H4,72,73,75)/t38-,40-,41-,42-,43-,44-,45-,46-,47-,48-,49-,50-/m0/s1. The number of thioether (sulfide) groups is 1. The van der Waals surface area contributed by atoms with Crippen LogP contribution in [-0.2, 0) is 73.5 Å². The summed E-state index contributed by atoms with van der Waals surface area (Å²) in [5.74, 6) is -11.4. The fourth-order valence-electron chi connectivity index (χ4n) is 12.2. The van der Waals surface area contributed by atoms with E-state index in [2.05, 4.69) is 57.8 Å². The van der Waals surface area contributed by atoms with E-state index in [9.17, 15) is 77.3 Å². The third-order valence-electron chi connectivity index (χ3n) is 17.8. The van der Waals surface area contributed by atoms with E-state index in [4.69, 9.17) is 40.1 Å². The summed E-state index contributed by atoms with van der Waals surface area (Å²) in [6.45, 7) is 3.87. The van der Waals surface area contributed by atoms with Crippen LogP contribution in [0, 0.1) is 5.92 Å². The second-order valence-corrected chi connectivity index (χ2v) is 27.4. The Kier molecular flexibility index (Phi) is 37.6. The number of carboxylic acids is 1. The van der Waals surface area contributed by atoms with Gasteiger partial charge < -0.3 is 113 Å². The third kappa shape index (κ3) is 29.0. The number of guanidine groups is 2. The van der Waals surface area contributed by atoms with Gasteiger partial charge in [-0.1, -0.05) is 44.2 Å². The molecular formula is C66H109N21O16S. The molecule has 37 nitrogen and oxygen atoms in total. The Morgan fingerprint density at radius 1 is 0.538 bits per heavy atom. The lowest BCUT2D eigenvalue weighted by Crippen LogP contribution is -2.60. The van der Waals surface area contributed by atoms with Crippen LogP contribution in [0.4, 0.5) is 0 Å². The maximum atomic E-state index is 14.4. The van der Waals surface area contributed by atoms with Crippen LogP contribution < -0.4 is 88.0 Å². The normalized spacial score (nSPS) is 18.1. The molecule has 0 spiro atoms. The fourth-order valence-corrected chi connectivity index (χ4v) is 12.7. The number of nitrogens with two attached hydrogens (primary N) is 7. The molecule has 0 aliphatic carbocycles. The minimum absolute atomic E-state index is 0.00922. The van der Waals surface area contributed by atoms with Crippen LogP contribution in [0.25, 0.3) is 0 Å². The lowest BCUT2D eigenvalue weighted by molar-refractivity contribution is -0.145. The van der Waals surface area contributed by atoms with Crippen LogP contribution in [0.1, 0.15) is 135 Å². The van der Waals surface area contributed by atoms with Crippen LogP contribution in [0.15, 0.2) is 40.3 Å². The summed E-state index contributed by atoms with van der Waals surface area (Å²) in [6.07, 6.45) is 4.53. The predicted molar refractivity (Wildman–Crippen MR) is 385 cm³/mol. The van der Waals surface area contributed by atoms with Gasteiger partial charge in [0.15, 0.2) is 11.9 Å². The average molecular weight is 1480 g/mol. The summed E-state index contributed by atoms with van der Waals surface area (Å²) in [5.41, 5.74) is 39.7. The number of primary amides is 1. The molecule has 0 unspecified atom stereocenters. The third-order valence-corrected chi connectivity index (χ3v) is 18.4. The van der Waals surface area contributed by atoms with Gasteiger partial charge in [0, 0.05) is 45.6 Å². The van der Waals surface area contributed by atoms with Gasteiger partial charge in [-0.05, 0) is 140 Å². The zero-order valence-corrected chi connectivity index (χ0v) is 60.6. The molecule has 0 radical (unpaired) electrons. The Morgan fingerprint density at radius 3 is 1.52 bits per heavy atom. The number of hydrogen-bond acceptors (Lipinski definition) is 20. The summed E-state index contributed by atoms with van der Waals surface area (Å²) >= 11 is 1.42. The molecule has 3 saturated heterocycles. The molecule has 3 aliphatic heterocycles. The van der Waals surface area contributed by atoms with Crippen molar-refractivity contribution in [3.63, 3.8) is 0 Å². The maximum absolute atomic E-state index is 14.4. The second-order valence-electron chi connectivity index (χ2n) is 26.4. The quantitative estimate of drug-likeness (QED) is 0.0164. The highest BCUT2D eigenvalue weighted by Gasteiger charge is 2.43. The highest BCUT2D eigenvalue weighted by Crippen LogP contribution is 2.24. The Morgan fingerprint density at radius 2 is 1.00 bits per heavy atom. The van der Waals surface area contributed by atoms with Crippen molar-refractivity contribution in [3.8, 4) is 0 Å². The van der Waals surface area contributed by atoms with Crippen molar-refractivity contribution >= 4 is 106 Å². The molecule has 38 heteroatoms. The zero-order valence-electron chi connectivity index (χ0n) is 59.8. The average Bonchev–Trinajstić information content (AvgIpc) is 1.63. The number of carboxylic acid groups (broad SMARTS) is 1. The number of nitrogens with zero attached hydrogens (tertiary/aromatic N) is 5. The van der Waals surface area contributed by atoms with E-state index < -0.39 is 168 Å². The summed E-state index contributed by atoms with van der Waals surface area (Å²) in [5, 5.41) is 43.8. The van der Waals surface area contributed by atoms with Crippen molar-refractivity contribution in [1.82, 2.24) is 62.6 Å². The lowest BCUT2D eigenvalue weighted by Gasteiger charge is -2.31. The number of aliphatic hydroxyl groups excluding tert-OH is 1. The molecule has 0 saturated carbocycles. The first-order chi connectivity index (χ1) is 49.4. The maximum Gasteiger partial charge on any atom is 0.326 e. The Labute approximate surface area is 609 Å². The number of aliphatic hydroxyl groups is 1. The Bertz CT molecular complexity index is 3160. The minimum atomic E-state index is -1.72. The number of benzene rings is 1. The molecule has 4 rings (SSSR count). The Balaban J connectivity index is 1.41. The number of nitrogens with one attached hydrogen (secondary N) is 9. The monoisotopic (exact) mass is 1480 g/mol. The van der Waals surface area contributed by atoms with Crippen LogP contribution in [-0.4, -0.2) is 257 Å². The van der Waals surface area contributed by atoms with E-state index in [1.165, 1.54) is 33.4 Å². The molecule has 13 amide bonds. The molecule has 3 fully saturated rings. The topological polar surface area (TPSA) is 604 Å². The van der Waals surface area contributed by atoms with Gasteiger partial charge in [-0.25, -0.2) is 4.79 Å². The first kappa shape index (κ1) is 87.0. The van der Waals surface area contributed by atoms with Crippen molar-refractivity contribution in [1.29, 1.82) is 0 Å². The number of carbonyl (C=O) groups excluding carboxylic acids is 13. The molecule has 104 heavy (non-hydrogen) atoms. The van der Waals surface area contributed by atoms with Gasteiger partial charge in [-0.3, -0.25) is 72.3 Å². The van der Waals surface area contributed by atoms with Crippen LogP contribution >= 0.6 is 11.8 Å². The molecule has 0 aromatic heterocycles. The van der Waals surface area contributed by atoms with Gasteiger partial charge in [0.25, 0.3) is 0 Å². The van der Waals surface area contributed by atoms with E-state index in [1.54, 1.807) is 44.2 Å². The molecule has 3 aliphatic rings. The summed E-state index contributed by atoms with van der Waals surface area (Å²) in [6, 6.07) is -6.46. The molecule has 12 atom stereocenters. The second kappa shape index (κ2) is 44.9. The molecule has 25 N–H and O–H groups in total. The first-order valence-corrected chi connectivity index (χ1v) is 36.6. The Hall–Kier alpha value is -9.43. The molecular weight excluding hydrogens is 1370 g/mol. The highest BCUT2D eigenvalue weighted by molar-refractivity contribution is 7.98. The van der Waals surface area contributed by atoms with E-state index in [0.717, 1.165) is 0 Å². The zero-order chi connectivity index (χ0) is 77.2. The van der Waals surface area contributed by atoms with Gasteiger partial charge in [0.2, 0.25) is 76.8 Å². The smallest absolute Gasteiger partial charge is 0.326 e. The number of unbranched alkanes of at least 4 members (excludes halogenated alkanes) is 1. The van der Waals surface area contributed by atoms with Crippen molar-refractivity contribution in [2.75, 3.05) is 64.4 Å².